The lowest BCUT2D eigenvalue weighted by atomic mass is 10.4. The van der Waals surface area contributed by atoms with E-state index in [-0.39, 0.29) is 11.8 Å². The molecule has 6 heteroatoms. The minimum absolute atomic E-state index is 0.148. The number of rotatable bonds is 0. The summed E-state index contributed by atoms with van der Waals surface area (Å²) in [5.41, 5.74) is 0. The zero-order valence-corrected chi connectivity index (χ0v) is 7.71. The number of nitrogens with one attached hydrogen (secondary N) is 1. The lowest BCUT2D eigenvalue weighted by Gasteiger charge is -1.79. The van der Waals surface area contributed by atoms with Crippen LogP contribution >= 0.6 is 34.8 Å². The second-order valence-corrected chi connectivity index (χ2v) is 3.70. The van der Waals surface area contributed by atoms with Gasteiger partial charge in [-0.05, 0) is 0 Å². The highest BCUT2D eigenvalue weighted by Gasteiger charge is 2.15. The Morgan fingerprint density at radius 2 is 1.36 bits per heavy atom. The molecule has 0 aromatic carbocycles. The van der Waals surface area contributed by atoms with Crippen LogP contribution in [0.3, 0.4) is 0 Å². The Hall–Kier alpha value is 0.01000. The van der Waals surface area contributed by atoms with Crippen LogP contribution < -0.4 is 5.32 Å². The minimum atomic E-state index is -0.750. The number of hydrogen-bond donors (Lipinski definition) is 1. The Morgan fingerprint density at radius 3 is 1.45 bits per heavy atom. The Bertz CT molecular complexity index is 143. The number of carbonyl (C=O) groups excluding carboxylic acids is 2. The largest absolute Gasteiger partial charge is 0.296 e. The first-order valence-corrected chi connectivity index (χ1v) is 4.08. The van der Waals surface area contributed by atoms with Crippen LogP contribution in [0.15, 0.2) is 0 Å². The molecule has 0 aromatic rings. The zero-order valence-electron chi connectivity index (χ0n) is 5.44. The van der Waals surface area contributed by atoms with E-state index in [0.717, 1.165) is 0 Å². The Kier molecular flexibility index (Phi) is 5.64. The molecule has 0 spiro atoms. The topological polar surface area (TPSA) is 46.2 Å². The molecular formula is C5H6Cl3NO2. The van der Waals surface area contributed by atoms with E-state index in [1.165, 1.54) is 0 Å². The van der Waals surface area contributed by atoms with Crippen LogP contribution in [-0.2, 0) is 9.59 Å². The van der Waals surface area contributed by atoms with Gasteiger partial charge in [0.25, 0.3) is 0 Å². The zero-order chi connectivity index (χ0) is 8.85. The highest BCUT2D eigenvalue weighted by molar-refractivity contribution is 6.63. The van der Waals surface area contributed by atoms with Gasteiger partial charge in [-0.2, -0.15) is 0 Å². The Balaban J connectivity index is 0.000000218. The Morgan fingerprint density at radius 1 is 1.09 bits per heavy atom. The molecule has 1 aliphatic heterocycles. The van der Waals surface area contributed by atoms with Gasteiger partial charge >= 0.3 is 0 Å². The summed E-state index contributed by atoms with van der Waals surface area (Å²) in [5.74, 6) is -0.296. The average molecular weight is 218 g/mol. The molecule has 0 atom stereocenters. The first-order valence-electron chi connectivity index (χ1n) is 2.77. The SMILES string of the molecule is ClC(Cl)Cl.O=C1CCC(=O)N1. The summed E-state index contributed by atoms with van der Waals surface area (Å²) >= 11 is 14.4. The van der Waals surface area contributed by atoms with E-state index in [1.54, 1.807) is 0 Å². The van der Waals surface area contributed by atoms with Gasteiger partial charge in [-0.15, -0.1) is 0 Å². The highest BCUT2D eigenvalue weighted by Crippen LogP contribution is 2.03. The third-order valence-corrected chi connectivity index (χ3v) is 0.858. The van der Waals surface area contributed by atoms with Gasteiger partial charge in [-0.1, -0.05) is 34.8 Å². The molecule has 0 unspecified atom stereocenters. The molecule has 3 nitrogen and oxygen atoms in total. The molecule has 64 valence electrons. The normalized spacial score (nSPS) is 16.0. The van der Waals surface area contributed by atoms with Gasteiger partial charge in [-0.25, -0.2) is 0 Å². The molecule has 0 aliphatic carbocycles. The maximum atomic E-state index is 10.1. The van der Waals surface area contributed by atoms with Crippen LogP contribution in [0.2, 0.25) is 0 Å². The quantitative estimate of drug-likeness (QED) is 0.494. The number of imide groups is 1. The lowest BCUT2D eigenvalue weighted by Crippen LogP contribution is -2.18. The first kappa shape index (κ1) is 11.0. The fraction of sp³-hybridized carbons (Fsp3) is 0.600. The molecule has 1 rings (SSSR count). The molecule has 1 saturated heterocycles. The minimum Gasteiger partial charge on any atom is -0.296 e. The maximum absolute atomic E-state index is 10.1. The van der Waals surface area contributed by atoms with Crippen LogP contribution in [-0.4, -0.2) is 16.1 Å². The van der Waals surface area contributed by atoms with Gasteiger partial charge in [0.15, 0.2) is 4.30 Å². The van der Waals surface area contributed by atoms with Gasteiger partial charge in [0, 0.05) is 12.8 Å². The molecule has 2 amide bonds. The standard InChI is InChI=1S/C4H5NO2.CHCl3/c6-3-1-2-4(7)5-3;2-1(3)4/h1-2H2,(H,5,6,7);1H. The highest BCUT2D eigenvalue weighted by atomic mass is 35.6. The molecule has 1 heterocycles. The third kappa shape index (κ3) is 7.91. The molecule has 11 heavy (non-hydrogen) atoms. The summed E-state index contributed by atoms with van der Waals surface area (Å²) in [6.45, 7) is 0. The van der Waals surface area contributed by atoms with E-state index in [4.69, 9.17) is 34.8 Å². The van der Waals surface area contributed by atoms with E-state index in [1.807, 2.05) is 0 Å². The van der Waals surface area contributed by atoms with Crippen molar-refractivity contribution in [3.05, 3.63) is 0 Å². The van der Waals surface area contributed by atoms with Crippen LogP contribution in [0.5, 0.6) is 0 Å². The van der Waals surface area contributed by atoms with Crippen molar-refractivity contribution in [3.63, 3.8) is 0 Å². The molecule has 0 bridgehead atoms. The average Bonchev–Trinajstić information content (AvgIpc) is 2.13. The smallest absolute Gasteiger partial charge is 0.227 e. The van der Waals surface area contributed by atoms with Gasteiger partial charge < -0.3 is 0 Å². The summed E-state index contributed by atoms with van der Waals surface area (Å²) in [4.78, 5) is 20.2. The van der Waals surface area contributed by atoms with Gasteiger partial charge in [0.2, 0.25) is 11.8 Å². The fourth-order valence-electron chi connectivity index (χ4n) is 0.508. The van der Waals surface area contributed by atoms with E-state index in [2.05, 4.69) is 5.32 Å². The molecule has 1 aliphatic rings. The molecular weight excluding hydrogens is 212 g/mol. The van der Waals surface area contributed by atoms with Crippen molar-refractivity contribution in [1.82, 2.24) is 5.32 Å². The molecule has 0 aromatic heterocycles. The van der Waals surface area contributed by atoms with Crippen molar-refractivity contribution in [2.75, 3.05) is 0 Å². The number of amides is 2. The van der Waals surface area contributed by atoms with Crippen LogP contribution in [0.1, 0.15) is 12.8 Å². The van der Waals surface area contributed by atoms with Crippen LogP contribution in [0.25, 0.3) is 0 Å². The van der Waals surface area contributed by atoms with Crippen molar-refractivity contribution in [2.24, 2.45) is 0 Å². The van der Waals surface area contributed by atoms with Crippen molar-refractivity contribution in [3.8, 4) is 0 Å². The fourth-order valence-corrected chi connectivity index (χ4v) is 0.508. The molecule has 1 fully saturated rings. The van der Waals surface area contributed by atoms with E-state index in [9.17, 15) is 9.59 Å². The van der Waals surface area contributed by atoms with E-state index >= 15 is 0 Å². The van der Waals surface area contributed by atoms with E-state index in [0.29, 0.717) is 12.8 Å². The number of alkyl halides is 3. The summed E-state index contributed by atoms with van der Waals surface area (Å²) < 4.78 is -0.750. The van der Waals surface area contributed by atoms with Crippen molar-refractivity contribution < 1.29 is 9.59 Å². The van der Waals surface area contributed by atoms with Crippen LogP contribution in [0.4, 0.5) is 0 Å². The molecule has 1 N–H and O–H groups in total. The van der Waals surface area contributed by atoms with Gasteiger partial charge in [-0.3, -0.25) is 14.9 Å². The summed E-state index contributed by atoms with van der Waals surface area (Å²) in [6, 6.07) is 0. The van der Waals surface area contributed by atoms with Gasteiger partial charge in [0.05, 0.1) is 0 Å². The number of halogens is 3. The number of carbonyl (C=O) groups is 2. The van der Waals surface area contributed by atoms with Gasteiger partial charge in [0.1, 0.15) is 0 Å². The van der Waals surface area contributed by atoms with E-state index < -0.39 is 4.30 Å². The summed E-state index contributed by atoms with van der Waals surface area (Å²) in [5, 5.41) is 2.14. The summed E-state index contributed by atoms with van der Waals surface area (Å²) in [6.07, 6.45) is 0.748. The third-order valence-electron chi connectivity index (χ3n) is 0.858. The second-order valence-electron chi connectivity index (χ2n) is 1.72. The van der Waals surface area contributed by atoms with Crippen molar-refractivity contribution in [2.45, 2.75) is 17.1 Å². The monoisotopic (exact) mass is 217 g/mol. The number of hydrogen-bond acceptors (Lipinski definition) is 2. The maximum Gasteiger partial charge on any atom is 0.227 e. The lowest BCUT2D eigenvalue weighted by molar-refractivity contribution is -0.124. The second kappa shape index (κ2) is 5.63. The summed E-state index contributed by atoms with van der Waals surface area (Å²) in [7, 11) is 0. The Labute approximate surface area is 79.0 Å². The van der Waals surface area contributed by atoms with Crippen LogP contribution in [0, 0.1) is 0 Å². The predicted molar refractivity (Wildman–Crippen MR) is 43.7 cm³/mol. The first-order chi connectivity index (χ1) is 5.02. The predicted octanol–water partition coefficient (Wildman–Crippen LogP) is 1.41. The van der Waals surface area contributed by atoms with Crippen molar-refractivity contribution in [1.29, 1.82) is 0 Å². The van der Waals surface area contributed by atoms with Crippen molar-refractivity contribution >= 4 is 46.6 Å². The molecule has 0 saturated carbocycles. The molecule has 0 radical (unpaired) electrons.